The molecule has 2 fully saturated rings. The van der Waals surface area contributed by atoms with Gasteiger partial charge in [0.25, 0.3) is 0 Å². The van der Waals surface area contributed by atoms with Gasteiger partial charge in [-0.05, 0) is 25.8 Å². The third-order valence-corrected chi connectivity index (χ3v) is 3.82. The van der Waals surface area contributed by atoms with Crippen LogP contribution in [0.2, 0.25) is 0 Å². The normalized spacial score (nSPS) is 27.7. The summed E-state index contributed by atoms with van der Waals surface area (Å²) in [5.41, 5.74) is 0. The molecule has 0 unspecified atom stereocenters. The van der Waals surface area contributed by atoms with E-state index in [1.165, 1.54) is 0 Å². The quantitative estimate of drug-likeness (QED) is 0.777. The van der Waals surface area contributed by atoms with E-state index in [2.05, 4.69) is 15.1 Å². The summed E-state index contributed by atoms with van der Waals surface area (Å²) in [5.74, 6) is 1.92. The fourth-order valence-corrected chi connectivity index (χ4v) is 2.85. The number of ether oxygens (including phenoxy) is 1. The van der Waals surface area contributed by atoms with Crippen molar-refractivity contribution in [3.05, 3.63) is 11.8 Å². The molecule has 3 rings (SSSR count). The molecule has 17 heavy (non-hydrogen) atoms. The summed E-state index contributed by atoms with van der Waals surface area (Å²) in [7, 11) is 0. The number of rotatable bonds is 2. The smallest absolute Gasteiger partial charge is 0.220 e. The van der Waals surface area contributed by atoms with Crippen LogP contribution in [0.3, 0.4) is 0 Å². The van der Waals surface area contributed by atoms with Crippen molar-refractivity contribution in [2.45, 2.75) is 38.1 Å². The van der Waals surface area contributed by atoms with Gasteiger partial charge in [0.15, 0.2) is 0 Å². The van der Waals surface area contributed by atoms with E-state index in [0.29, 0.717) is 17.9 Å². The summed E-state index contributed by atoms with van der Waals surface area (Å²) in [6, 6.07) is 0.692. The van der Waals surface area contributed by atoms with Crippen molar-refractivity contribution >= 4 is 0 Å². The molecule has 2 aliphatic rings. The molecule has 1 aromatic heterocycles. The Bertz CT molecular complexity index is 374. The van der Waals surface area contributed by atoms with E-state index >= 15 is 0 Å². The fraction of sp³-hybridized carbons (Fsp3) is 0.833. The van der Waals surface area contributed by atoms with Crippen LogP contribution in [0, 0.1) is 6.92 Å². The Morgan fingerprint density at radius 1 is 1.18 bits per heavy atom. The van der Waals surface area contributed by atoms with E-state index in [1.807, 2.05) is 6.92 Å². The zero-order valence-corrected chi connectivity index (χ0v) is 10.3. The Morgan fingerprint density at radius 3 is 2.71 bits per heavy atom. The number of aryl methyl sites for hydroxylation is 1. The van der Waals surface area contributed by atoms with Gasteiger partial charge >= 0.3 is 0 Å². The van der Waals surface area contributed by atoms with Gasteiger partial charge in [-0.25, -0.2) is 0 Å². The molecule has 3 heterocycles. The van der Waals surface area contributed by atoms with Gasteiger partial charge in [0.2, 0.25) is 11.8 Å². The number of hydrogen-bond acceptors (Lipinski definition) is 5. The second kappa shape index (κ2) is 4.74. The first kappa shape index (κ1) is 11.2. The summed E-state index contributed by atoms with van der Waals surface area (Å²) in [6.07, 6.45) is 3.46. The molecule has 0 aliphatic carbocycles. The lowest BCUT2D eigenvalue weighted by Gasteiger charge is -2.30. The van der Waals surface area contributed by atoms with Gasteiger partial charge in [0, 0.05) is 32.7 Å². The average molecular weight is 237 g/mol. The molecule has 1 atom stereocenters. The Hall–Kier alpha value is -0.940. The first-order valence-electron chi connectivity index (χ1n) is 6.45. The van der Waals surface area contributed by atoms with Crippen LogP contribution in [0.5, 0.6) is 0 Å². The van der Waals surface area contributed by atoms with Crippen LogP contribution in [0.1, 0.15) is 37.0 Å². The van der Waals surface area contributed by atoms with Crippen LogP contribution < -0.4 is 0 Å². The zero-order valence-electron chi connectivity index (χ0n) is 10.3. The van der Waals surface area contributed by atoms with Gasteiger partial charge in [-0.3, -0.25) is 4.90 Å². The van der Waals surface area contributed by atoms with Crippen LogP contribution in [-0.4, -0.2) is 47.4 Å². The van der Waals surface area contributed by atoms with Crippen molar-refractivity contribution in [3.8, 4) is 0 Å². The number of nitrogens with zero attached hydrogens (tertiary/aromatic N) is 3. The van der Waals surface area contributed by atoms with Gasteiger partial charge in [-0.2, -0.15) is 0 Å². The highest BCUT2D eigenvalue weighted by Crippen LogP contribution is 2.29. The second-order valence-corrected chi connectivity index (χ2v) is 4.98. The third kappa shape index (κ3) is 2.35. The molecule has 0 amide bonds. The van der Waals surface area contributed by atoms with Gasteiger partial charge < -0.3 is 9.15 Å². The minimum absolute atomic E-state index is 0.430. The van der Waals surface area contributed by atoms with E-state index in [1.54, 1.807) is 0 Å². The maximum atomic E-state index is 5.53. The second-order valence-electron chi connectivity index (χ2n) is 4.98. The first-order valence-corrected chi connectivity index (χ1v) is 6.45. The molecule has 5 nitrogen and oxygen atoms in total. The van der Waals surface area contributed by atoms with E-state index in [9.17, 15) is 0 Å². The van der Waals surface area contributed by atoms with E-state index in [-0.39, 0.29) is 0 Å². The summed E-state index contributed by atoms with van der Waals surface area (Å²) >= 11 is 0. The Morgan fingerprint density at radius 2 is 2.00 bits per heavy atom. The lowest BCUT2D eigenvalue weighted by atomic mass is 10.1. The highest BCUT2D eigenvalue weighted by molar-refractivity contribution is 4.98. The molecule has 0 N–H and O–H groups in total. The van der Waals surface area contributed by atoms with E-state index in [0.717, 1.165) is 51.5 Å². The Balaban J connectivity index is 1.61. The summed E-state index contributed by atoms with van der Waals surface area (Å²) < 4.78 is 10.9. The van der Waals surface area contributed by atoms with Crippen LogP contribution in [0.25, 0.3) is 0 Å². The lowest BCUT2D eigenvalue weighted by Crippen LogP contribution is -2.37. The molecule has 2 saturated heterocycles. The largest absolute Gasteiger partial charge is 0.425 e. The molecule has 0 spiro atoms. The molecule has 0 bridgehead atoms. The van der Waals surface area contributed by atoms with Crippen LogP contribution >= 0.6 is 0 Å². The fourth-order valence-electron chi connectivity index (χ4n) is 2.85. The number of aromatic nitrogens is 2. The maximum absolute atomic E-state index is 5.53. The van der Waals surface area contributed by atoms with Crippen LogP contribution in [0.15, 0.2) is 4.42 Å². The Labute approximate surface area is 101 Å². The predicted octanol–water partition coefficient (Wildman–Crippen LogP) is 1.35. The third-order valence-electron chi connectivity index (χ3n) is 3.82. The van der Waals surface area contributed by atoms with Crippen LogP contribution in [-0.2, 0) is 4.74 Å². The topological polar surface area (TPSA) is 51.4 Å². The molecular weight excluding hydrogens is 218 g/mol. The molecule has 94 valence electrons. The first-order chi connectivity index (χ1) is 8.33. The minimum atomic E-state index is 0.430. The average Bonchev–Trinajstić information content (AvgIpc) is 2.98. The van der Waals surface area contributed by atoms with Crippen molar-refractivity contribution in [2.24, 2.45) is 0 Å². The van der Waals surface area contributed by atoms with E-state index < -0.39 is 0 Å². The minimum Gasteiger partial charge on any atom is -0.425 e. The number of likely N-dealkylation sites (tertiary alicyclic amines) is 1. The van der Waals surface area contributed by atoms with Crippen molar-refractivity contribution in [3.63, 3.8) is 0 Å². The van der Waals surface area contributed by atoms with Crippen molar-refractivity contribution in [2.75, 3.05) is 26.3 Å². The summed E-state index contributed by atoms with van der Waals surface area (Å²) in [6.45, 7) is 5.88. The van der Waals surface area contributed by atoms with Gasteiger partial charge in [0.1, 0.15) is 0 Å². The number of hydrogen-bond donors (Lipinski definition) is 0. The lowest BCUT2D eigenvalue weighted by molar-refractivity contribution is 0.0417. The van der Waals surface area contributed by atoms with E-state index in [4.69, 9.17) is 9.15 Å². The van der Waals surface area contributed by atoms with Crippen molar-refractivity contribution in [1.29, 1.82) is 0 Å². The standard InChI is InChI=1S/C12H19N3O2/c1-9-13-14-12(17-9)10-2-5-15(8-10)11-3-6-16-7-4-11/h10-11H,2-8H2,1H3/t10-/m0/s1. The molecule has 0 radical (unpaired) electrons. The SMILES string of the molecule is Cc1nnc([C@H]2CCN(C3CCOCC3)C2)o1. The molecule has 0 saturated carbocycles. The van der Waals surface area contributed by atoms with Crippen LogP contribution in [0.4, 0.5) is 0 Å². The maximum Gasteiger partial charge on any atom is 0.220 e. The summed E-state index contributed by atoms with van der Waals surface area (Å²) in [5, 5.41) is 8.05. The molecule has 0 aromatic carbocycles. The highest BCUT2D eigenvalue weighted by Gasteiger charge is 2.32. The molecule has 5 heteroatoms. The van der Waals surface area contributed by atoms with Gasteiger partial charge in [-0.1, -0.05) is 0 Å². The van der Waals surface area contributed by atoms with Crippen molar-refractivity contribution in [1.82, 2.24) is 15.1 Å². The van der Waals surface area contributed by atoms with Gasteiger partial charge in [0.05, 0.1) is 5.92 Å². The monoisotopic (exact) mass is 237 g/mol. The summed E-state index contributed by atoms with van der Waals surface area (Å²) in [4.78, 5) is 2.56. The highest BCUT2D eigenvalue weighted by atomic mass is 16.5. The molecule has 2 aliphatic heterocycles. The zero-order chi connectivity index (χ0) is 11.7. The predicted molar refractivity (Wildman–Crippen MR) is 61.8 cm³/mol. The van der Waals surface area contributed by atoms with Gasteiger partial charge in [-0.15, -0.1) is 10.2 Å². The Kier molecular flexibility index (Phi) is 3.11. The molecule has 1 aromatic rings. The van der Waals surface area contributed by atoms with Crippen molar-refractivity contribution < 1.29 is 9.15 Å². The molecular formula is C12H19N3O2.